The molecule has 1 aliphatic rings. The summed E-state index contributed by atoms with van der Waals surface area (Å²) in [6.45, 7) is 17.0. The highest BCUT2D eigenvalue weighted by Crippen LogP contribution is 2.55. The van der Waals surface area contributed by atoms with Gasteiger partial charge in [-0.05, 0) is 56.1 Å². The highest BCUT2D eigenvalue weighted by molar-refractivity contribution is 6.74. The summed E-state index contributed by atoms with van der Waals surface area (Å²) in [4.78, 5) is 12.9. The van der Waals surface area contributed by atoms with Gasteiger partial charge >= 0.3 is 5.97 Å². The van der Waals surface area contributed by atoms with Crippen molar-refractivity contribution in [3.8, 4) is 0 Å². The van der Waals surface area contributed by atoms with Crippen LogP contribution >= 0.6 is 0 Å². The summed E-state index contributed by atoms with van der Waals surface area (Å²) in [5.74, 6) is 0.270. The van der Waals surface area contributed by atoms with Crippen LogP contribution in [-0.4, -0.2) is 14.3 Å². The number of hydrogen-bond acceptors (Lipinski definition) is 3. The lowest BCUT2D eigenvalue weighted by atomic mass is 9.78. The van der Waals surface area contributed by atoms with E-state index in [9.17, 15) is 4.79 Å². The van der Waals surface area contributed by atoms with E-state index >= 15 is 0 Å². The first-order valence-electron chi connectivity index (χ1n) is 11.5. The van der Waals surface area contributed by atoms with E-state index in [0.717, 1.165) is 11.1 Å². The second-order valence-corrected chi connectivity index (χ2v) is 16.1. The topological polar surface area (TPSA) is 35.5 Å². The smallest absolute Gasteiger partial charge is 0.316 e. The molecule has 0 saturated heterocycles. The van der Waals surface area contributed by atoms with Crippen molar-refractivity contribution < 1.29 is 14.0 Å². The second kappa shape index (κ2) is 8.64. The number of benzene rings is 2. The Morgan fingerprint density at radius 1 is 0.906 bits per heavy atom. The molecule has 0 aliphatic heterocycles. The Morgan fingerprint density at radius 3 is 1.94 bits per heavy atom. The molecule has 2 aromatic rings. The fourth-order valence-corrected chi connectivity index (χ4v) is 5.47. The molecule has 4 heteroatoms. The van der Waals surface area contributed by atoms with Crippen LogP contribution in [0.3, 0.4) is 0 Å². The van der Waals surface area contributed by atoms with Crippen molar-refractivity contribution >= 4 is 14.3 Å². The molecule has 0 radical (unpaired) electrons. The van der Waals surface area contributed by atoms with Gasteiger partial charge in [-0.2, -0.15) is 0 Å². The first-order valence-corrected chi connectivity index (χ1v) is 14.4. The van der Waals surface area contributed by atoms with Gasteiger partial charge in [0, 0.05) is 6.42 Å². The van der Waals surface area contributed by atoms with E-state index in [1.54, 1.807) is 0 Å². The summed E-state index contributed by atoms with van der Waals surface area (Å²) < 4.78 is 13.4. The Kier molecular flexibility index (Phi) is 6.61. The van der Waals surface area contributed by atoms with Gasteiger partial charge in [-0.3, -0.25) is 4.79 Å². The average Bonchev–Trinajstić information content (AvgIpc) is 3.06. The van der Waals surface area contributed by atoms with Gasteiger partial charge in [-0.25, -0.2) is 0 Å². The Hall–Kier alpha value is -2.17. The molecule has 0 spiro atoms. The van der Waals surface area contributed by atoms with Crippen LogP contribution in [0.5, 0.6) is 0 Å². The molecule has 0 saturated carbocycles. The fourth-order valence-electron chi connectivity index (χ4n) is 3.93. The van der Waals surface area contributed by atoms with E-state index < -0.39 is 19.3 Å². The minimum absolute atomic E-state index is 0.0425. The molecule has 1 aliphatic carbocycles. The van der Waals surface area contributed by atoms with Crippen molar-refractivity contribution in [1.82, 2.24) is 0 Å². The van der Waals surface area contributed by atoms with Gasteiger partial charge in [0.15, 0.2) is 8.32 Å². The Labute approximate surface area is 195 Å². The Morgan fingerprint density at radius 2 is 1.44 bits per heavy atom. The monoisotopic (exact) mass is 450 g/mol. The van der Waals surface area contributed by atoms with Crippen LogP contribution in [-0.2, 0) is 19.6 Å². The number of carbonyl (C=O) groups is 1. The van der Waals surface area contributed by atoms with Crippen molar-refractivity contribution in [3.05, 3.63) is 83.6 Å². The van der Waals surface area contributed by atoms with Crippen LogP contribution < -0.4 is 0 Å². The molecule has 0 amide bonds. The Balaban J connectivity index is 2.18. The van der Waals surface area contributed by atoms with E-state index in [4.69, 9.17) is 9.16 Å². The number of carbonyl (C=O) groups excluding carboxylic acids is 1. The maximum absolute atomic E-state index is 12.9. The first-order chi connectivity index (χ1) is 14.8. The van der Waals surface area contributed by atoms with E-state index in [2.05, 4.69) is 76.3 Å². The summed E-state index contributed by atoms with van der Waals surface area (Å²) in [5.41, 5.74) is 1.01. The van der Waals surface area contributed by atoms with Crippen LogP contribution in [0.1, 0.15) is 65.0 Å². The predicted octanol–water partition coefficient (Wildman–Crippen LogP) is 7.56. The first kappa shape index (κ1) is 24.5. The number of esters is 1. The molecule has 32 heavy (non-hydrogen) atoms. The second-order valence-electron chi connectivity index (χ2n) is 11.4. The summed E-state index contributed by atoms with van der Waals surface area (Å²) >= 11 is 0. The van der Waals surface area contributed by atoms with E-state index in [-0.39, 0.29) is 16.9 Å². The van der Waals surface area contributed by atoms with Crippen LogP contribution in [0.15, 0.2) is 72.5 Å². The van der Waals surface area contributed by atoms with Gasteiger partial charge in [-0.15, -0.1) is 0 Å². The Bertz CT molecular complexity index is 965. The lowest BCUT2D eigenvalue weighted by molar-refractivity contribution is -0.149. The molecule has 2 aromatic carbocycles. The molecule has 172 valence electrons. The van der Waals surface area contributed by atoms with Gasteiger partial charge in [0.1, 0.15) is 5.76 Å². The molecule has 2 atom stereocenters. The number of rotatable bonds is 5. The van der Waals surface area contributed by atoms with Gasteiger partial charge in [0.05, 0.1) is 16.9 Å². The largest absolute Gasteiger partial charge is 0.430 e. The SMILES string of the molecule is CC(C)(C)C(=O)OC1=CC[C@@](O[Si](C)(C)C(C)(C)C)(c2ccccc2)[C@H]1c1ccccc1. The normalized spacial score (nSPS) is 21.9. The predicted molar refractivity (Wildman–Crippen MR) is 134 cm³/mol. The molecule has 3 nitrogen and oxygen atoms in total. The summed E-state index contributed by atoms with van der Waals surface area (Å²) in [5, 5.41) is 0.0425. The molecular formula is C28H38O3Si. The van der Waals surface area contributed by atoms with Gasteiger partial charge in [0.2, 0.25) is 0 Å². The molecule has 0 unspecified atom stereocenters. The van der Waals surface area contributed by atoms with Crippen molar-refractivity contribution in [2.45, 2.75) is 77.6 Å². The molecule has 0 bridgehead atoms. The van der Waals surface area contributed by atoms with Crippen LogP contribution in [0.2, 0.25) is 18.1 Å². The lowest BCUT2D eigenvalue weighted by Gasteiger charge is -2.47. The quantitative estimate of drug-likeness (QED) is 0.348. The van der Waals surface area contributed by atoms with Crippen LogP contribution in [0, 0.1) is 5.41 Å². The molecule has 0 fully saturated rings. The van der Waals surface area contributed by atoms with Gasteiger partial charge in [0.25, 0.3) is 0 Å². The van der Waals surface area contributed by atoms with Crippen molar-refractivity contribution in [1.29, 1.82) is 0 Å². The molecule has 0 N–H and O–H groups in total. The van der Waals surface area contributed by atoms with E-state index in [1.807, 2.05) is 45.0 Å². The maximum atomic E-state index is 12.9. The minimum Gasteiger partial charge on any atom is -0.430 e. The molecule has 0 heterocycles. The van der Waals surface area contributed by atoms with Crippen molar-refractivity contribution in [3.63, 3.8) is 0 Å². The minimum atomic E-state index is -2.18. The maximum Gasteiger partial charge on any atom is 0.316 e. The average molecular weight is 451 g/mol. The fraction of sp³-hybridized carbons (Fsp3) is 0.464. The highest BCUT2D eigenvalue weighted by Gasteiger charge is 2.54. The highest BCUT2D eigenvalue weighted by atomic mass is 28.4. The third-order valence-electron chi connectivity index (χ3n) is 6.82. The molecule has 3 rings (SSSR count). The van der Waals surface area contributed by atoms with Gasteiger partial charge in [-0.1, -0.05) is 81.4 Å². The van der Waals surface area contributed by atoms with Gasteiger partial charge < -0.3 is 9.16 Å². The zero-order chi connectivity index (χ0) is 23.8. The van der Waals surface area contributed by atoms with E-state index in [0.29, 0.717) is 12.2 Å². The molecule has 0 aromatic heterocycles. The third kappa shape index (κ3) is 4.77. The third-order valence-corrected chi connectivity index (χ3v) is 11.3. The van der Waals surface area contributed by atoms with E-state index in [1.165, 1.54) is 0 Å². The summed E-state index contributed by atoms with van der Waals surface area (Å²) in [7, 11) is -2.18. The zero-order valence-corrected chi connectivity index (χ0v) is 21.9. The number of hydrogen-bond donors (Lipinski definition) is 0. The van der Waals surface area contributed by atoms with Crippen molar-refractivity contribution in [2.75, 3.05) is 0 Å². The zero-order valence-electron chi connectivity index (χ0n) is 20.9. The standard InChI is InChI=1S/C28H38O3Si/c1-26(2,3)25(29)30-23-19-20-28(22-17-13-10-14-18-22,31-32(7,8)27(4,5)6)24(23)21-15-11-9-12-16-21/h9-19,24H,20H2,1-8H3/t24-,28+/m0/s1. The lowest BCUT2D eigenvalue weighted by Crippen LogP contribution is -2.50. The summed E-state index contributed by atoms with van der Waals surface area (Å²) in [6, 6.07) is 20.8. The molecular weight excluding hydrogens is 412 g/mol. The number of ether oxygens (including phenoxy) is 1. The van der Waals surface area contributed by atoms with Crippen LogP contribution in [0.25, 0.3) is 0 Å². The van der Waals surface area contributed by atoms with Crippen LogP contribution in [0.4, 0.5) is 0 Å². The summed E-state index contributed by atoms with van der Waals surface area (Å²) in [6.07, 6.45) is 2.73. The van der Waals surface area contributed by atoms with Crippen molar-refractivity contribution in [2.24, 2.45) is 5.41 Å².